The molecule has 2 bridgehead atoms. The topological polar surface area (TPSA) is 110 Å². The maximum Gasteiger partial charge on any atom is 0.316 e. The molecule has 1 N–H and O–H groups in total. The first-order valence-corrected chi connectivity index (χ1v) is 22.3. The number of carbonyl (C=O) groups is 2. The Morgan fingerprint density at radius 1 is 1.08 bits per heavy atom. The Morgan fingerprint density at radius 3 is 2.44 bits per heavy atom. The SMILES string of the molecule is CC[C@H](C)[C@H]1O[C@]2(C=C[C@@H]1C)C[C@@H]1C[C@@H](C/C=C(\C)[C@@H](OC(C)=O)[C@@H](C)/C=C/C=C3\CO[C@@H]4[C@H](O[Si](C)(C)C(C)(C)C)C(C)=C[C@@H](C(=O)O1)[C@]34O)O2. The number of rotatable bonds is 5. The van der Waals surface area contributed by atoms with E-state index in [4.69, 9.17) is 28.1 Å². The highest BCUT2D eigenvalue weighted by Gasteiger charge is 2.61. The van der Waals surface area contributed by atoms with E-state index < -0.39 is 56.0 Å². The molecule has 0 radical (unpaired) electrons. The smallest absolute Gasteiger partial charge is 0.316 e. The highest BCUT2D eigenvalue weighted by molar-refractivity contribution is 6.74. The molecular formula is C42H64O9Si. The molecule has 52 heavy (non-hydrogen) atoms. The molecule has 4 heterocycles. The van der Waals surface area contributed by atoms with Gasteiger partial charge in [-0.15, -0.1) is 0 Å². The lowest BCUT2D eigenvalue weighted by Crippen LogP contribution is -2.60. The minimum absolute atomic E-state index is 0.0622. The van der Waals surface area contributed by atoms with Crippen molar-refractivity contribution in [3.8, 4) is 0 Å². The van der Waals surface area contributed by atoms with E-state index in [1.165, 1.54) is 6.92 Å². The monoisotopic (exact) mass is 740 g/mol. The van der Waals surface area contributed by atoms with Gasteiger partial charge in [-0.1, -0.05) is 91.3 Å². The molecule has 1 spiro atoms. The molecule has 290 valence electrons. The molecule has 1 aliphatic carbocycles. The summed E-state index contributed by atoms with van der Waals surface area (Å²) in [5.74, 6) is -2.65. The standard InChI is InChI=1S/C42H64O9Si/c1-13-25(2)36-28(5)19-20-41(50-36)23-33-22-32(49-41)18-17-27(4)35(47-30(7)43)26(3)15-14-16-31-24-46-38-37(51-52(11,12)40(8,9)10)29(6)21-34(39(44)48-33)42(31,38)45/h14-17,19-21,25-26,28,32-38,45H,13,18,22-24H2,1-12H3/b15-14+,27-17+,31-16+/t25-,26-,28-,32+,33-,34-,35-,36+,37+,38+,41+,42+/m0/s1. The van der Waals surface area contributed by atoms with E-state index >= 15 is 0 Å². The first-order chi connectivity index (χ1) is 24.2. The van der Waals surface area contributed by atoms with Gasteiger partial charge in [-0.25, -0.2) is 0 Å². The van der Waals surface area contributed by atoms with Crippen LogP contribution in [0.1, 0.15) is 94.9 Å². The van der Waals surface area contributed by atoms with Gasteiger partial charge in [0.25, 0.3) is 0 Å². The fraction of sp³-hybridized carbons (Fsp3) is 0.714. The first kappa shape index (κ1) is 40.8. The predicted molar refractivity (Wildman–Crippen MR) is 204 cm³/mol. The summed E-state index contributed by atoms with van der Waals surface area (Å²) >= 11 is 0. The second kappa shape index (κ2) is 15.4. The number of ether oxygens (including phenoxy) is 5. The van der Waals surface area contributed by atoms with Crippen molar-refractivity contribution < 1.29 is 42.8 Å². The molecule has 2 saturated heterocycles. The fourth-order valence-corrected chi connectivity index (χ4v) is 9.45. The van der Waals surface area contributed by atoms with Crippen LogP contribution < -0.4 is 0 Å². The average molecular weight is 741 g/mol. The van der Waals surface area contributed by atoms with Crippen LogP contribution in [0.5, 0.6) is 0 Å². The lowest BCUT2D eigenvalue weighted by molar-refractivity contribution is -0.300. The summed E-state index contributed by atoms with van der Waals surface area (Å²) in [5.41, 5.74) is 0.608. The maximum absolute atomic E-state index is 14.5. The van der Waals surface area contributed by atoms with E-state index in [0.717, 1.165) is 17.6 Å². The van der Waals surface area contributed by atoms with Crippen LogP contribution in [0.3, 0.4) is 0 Å². The van der Waals surface area contributed by atoms with Gasteiger partial charge in [0, 0.05) is 31.6 Å². The number of hydrogen-bond donors (Lipinski definition) is 1. The summed E-state index contributed by atoms with van der Waals surface area (Å²) in [7, 11) is -2.32. The zero-order valence-corrected chi connectivity index (χ0v) is 34.6. The second-order valence-corrected chi connectivity index (χ2v) is 22.4. The van der Waals surface area contributed by atoms with Crippen LogP contribution in [-0.4, -0.2) is 80.0 Å². The van der Waals surface area contributed by atoms with Crippen molar-refractivity contribution >= 4 is 20.3 Å². The molecular weight excluding hydrogens is 677 g/mol. The zero-order valence-electron chi connectivity index (χ0n) is 33.6. The summed E-state index contributed by atoms with van der Waals surface area (Å²) in [6.45, 7) is 24.9. The van der Waals surface area contributed by atoms with Crippen molar-refractivity contribution in [2.45, 2.75) is 161 Å². The molecule has 2 fully saturated rings. The summed E-state index contributed by atoms with van der Waals surface area (Å²) in [4.78, 5) is 26.8. The van der Waals surface area contributed by atoms with Crippen LogP contribution in [0.2, 0.25) is 18.1 Å². The molecule has 0 saturated carbocycles. The molecule has 4 aliphatic heterocycles. The number of hydrogen-bond acceptors (Lipinski definition) is 9. The molecule has 0 aromatic rings. The predicted octanol–water partition coefficient (Wildman–Crippen LogP) is 7.91. The maximum atomic E-state index is 14.5. The van der Waals surface area contributed by atoms with Crippen LogP contribution in [0.15, 0.2) is 59.3 Å². The van der Waals surface area contributed by atoms with E-state index in [9.17, 15) is 14.7 Å². The highest BCUT2D eigenvalue weighted by Crippen LogP contribution is 2.49. The molecule has 12 atom stereocenters. The van der Waals surface area contributed by atoms with Crippen LogP contribution in [0.25, 0.3) is 0 Å². The second-order valence-electron chi connectivity index (χ2n) is 17.6. The minimum Gasteiger partial charge on any atom is -0.462 e. The lowest BCUT2D eigenvalue weighted by Gasteiger charge is -2.49. The van der Waals surface area contributed by atoms with Crippen molar-refractivity contribution in [2.75, 3.05) is 6.61 Å². The van der Waals surface area contributed by atoms with Crippen LogP contribution in [0.4, 0.5) is 0 Å². The Hall–Kier alpha value is -2.34. The van der Waals surface area contributed by atoms with Gasteiger partial charge in [0.15, 0.2) is 14.1 Å². The van der Waals surface area contributed by atoms with E-state index in [1.807, 2.05) is 51.2 Å². The normalized spacial score (nSPS) is 41.8. The molecule has 10 heteroatoms. The minimum atomic E-state index is -2.32. The number of esters is 2. The van der Waals surface area contributed by atoms with E-state index in [0.29, 0.717) is 30.8 Å². The molecule has 0 aromatic heterocycles. The van der Waals surface area contributed by atoms with E-state index in [-0.39, 0.29) is 41.7 Å². The van der Waals surface area contributed by atoms with Crippen LogP contribution in [0, 0.1) is 23.7 Å². The third kappa shape index (κ3) is 8.17. The summed E-state index contributed by atoms with van der Waals surface area (Å²) in [6, 6.07) is 0. The quantitative estimate of drug-likeness (QED) is 0.171. The Kier molecular flexibility index (Phi) is 12.1. The van der Waals surface area contributed by atoms with Crippen LogP contribution >= 0.6 is 0 Å². The van der Waals surface area contributed by atoms with Crippen molar-refractivity contribution in [3.05, 3.63) is 59.3 Å². The Bertz CT molecular complexity index is 1500. The van der Waals surface area contributed by atoms with Gasteiger partial charge in [-0.05, 0) is 67.1 Å². The van der Waals surface area contributed by atoms with Gasteiger partial charge in [0.1, 0.15) is 29.8 Å². The number of allylic oxidation sites excluding steroid dienone is 2. The zero-order chi connectivity index (χ0) is 38.4. The van der Waals surface area contributed by atoms with Gasteiger partial charge in [0.05, 0.1) is 24.9 Å². The third-order valence-electron chi connectivity index (χ3n) is 12.5. The molecule has 0 amide bonds. The molecule has 0 unspecified atom stereocenters. The molecule has 5 rings (SSSR count). The third-order valence-corrected chi connectivity index (χ3v) is 17.0. The highest BCUT2D eigenvalue weighted by atomic mass is 28.4. The Balaban J connectivity index is 1.60. The van der Waals surface area contributed by atoms with Gasteiger partial charge in [-0.2, -0.15) is 0 Å². The van der Waals surface area contributed by atoms with E-state index in [2.05, 4.69) is 66.8 Å². The fourth-order valence-electron chi connectivity index (χ4n) is 8.16. The molecule has 0 aromatic carbocycles. The summed E-state index contributed by atoms with van der Waals surface area (Å²) in [6.07, 6.45) is 13.2. The molecule has 9 nitrogen and oxygen atoms in total. The van der Waals surface area contributed by atoms with Gasteiger partial charge >= 0.3 is 11.9 Å². The number of carbonyl (C=O) groups excluding carboxylic acids is 2. The van der Waals surface area contributed by atoms with Crippen molar-refractivity contribution in [3.63, 3.8) is 0 Å². The molecule has 5 aliphatic rings. The van der Waals surface area contributed by atoms with Crippen molar-refractivity contribution in [1.82, 2.24) is 0 Å². The number of aliphatic hydroxyl groups is 1. The van der Waals surface area contributed by atoms with Crippen molar-refractivity contribution in [2.24, 2.45) is 23.7 Å². The Morgan fingerprint density at radius 2 is 1.79 bits per heavy atom. The first-order valence-electron chi connectivity index (χ1n) is 19.4. The lowest BCUT2D eigenvalue weighted by atomic mass is 9.71. The van der Waals surface area contributed by atoms with E-state index in [1.54, 1.807) is 0 Å². The number of fused-ring (bicyclic) bond motifs is 2. The summed E-state index contributed by atoms with van der Waals surface area (Å²) in [5, 5.41) is 12.8. The average Bonchev–Trinajstić information content (AvgIpc) is 3.39. The largest absolute Gasteiger partial charge is 0.462 e. The summed E-state index contributed by atoms with van der Waals surface area (Å²) < 4.78 is 39.3. The van der Waals surface area contributed by atoms with Crippen LogP contribution in [-0.2, 0) is 37.7 Å². The van der Waals surface area contributed by atoms with Gasteiger partial charge < -0.3 is 33.2 Å². The Labute approximate surface area is 313 Å². The van der Waals surface area contributed by atoms with Gasteiger partial charge in [-0.3, -0.25) is 9.59 Å². The van der Waals surface area contributed by atoms with Gasteiger partial charge in [0.2, 0.25) is 0 Å². The van der Waals surface area contributed by atoms with Crippen molar-refractivity contribution in [1.29, 1.82) is 0 Å².